The lowest BCUT2D eigenvalue weighted by molar-refractivity contribution is -0.0385. The van der Waals surface area contributed by atoms with Crippen LogP contribution in [-0.4, -0.2) is 30.8 Å². The van der Waals surface area contributed by atoms with E-state index in [-0.39, 0.29) is 0 Å². The number of hydrogen-bond donors (Lipinski definition) is 2. The Balaban J connectivity index is 2.98. The molecule has 2 N–H and O–H groups in total. The van der Waals surface area contributed by atoms with Gasteiger partial charge >= 0.3 is 0 Å². The van der Waals surface area contributed by atoms with Crippen LogP contribution in [0.4, 0.5) is 5.69 Å². The molecule has 0 amide bonds. The average Bonchev–Trinajstić information content (AvgIpc) is 2.16. The van der Waals surface area contributed by atoms with Crippen LogP contribution in [-0.2, 0) is 0 Å². The number of carbonyl (C=O) groups is 1. The minimum Gasteiger partial charge on any atom is -0.497 e. The molecular weight excluding hydrogens is 184 g/mol. The van der Waals surface area contributed by atoms with E-state index in [2.05, 4.69) is 5.43 Å². The van der Waals surface area contributed by atoms with Gasteiger partial charge in [-0.15, -0.1) is 5.17 Å². The Labute approximate surface area is 81.8 Å². The zero-order chi connectivity index (χ0) is 10.6. The van der Waals surface area contributed by atoms with Crippen molar-refractivity contribution < 1.29 is 14.7 Å². The fourth-order valence-corrected chi connectivity index (χ4v) is 1.06. The molecule has 0 aromatic heterocycles. The molecule has 0 aliphatic carbocycles. The van der Waals surface area contributed by atoms with Gasteiger partial charge in [0.1, 0.15) is 12.0 Å². The Kier molecular flexibility index (Phi) is 3.44. The van der Waals surface area contributed by atoms with Gasteiger partial charge in [0.05, 0.1) is 12.8 Å². The molecule has 5 heteroatoms. The molecule has 0 aliphatic heterocycles. The molecule has 0 spiro atoms. The first kappa shape index (κ1) is 10.5. The number of carbonyl (C=O) groups excluding carboxylic acids is 1. The Bertz CT molecular complexity index is 326. The highest BCUT2D eigenvalue weighted by atomic mass is 16.5. The van der Waals surface area contributed by atoms with Gasteiger partial charge in [-0.3, -0.25) is 15.4 Å². The van der Waals surface area contributed by atoms with Crippen molar-refractivity contribution >= 4 is 12.0 Å². The maximum atomic E-state index is 10.6. The molecule has 0 saturated carbocycles. The van der Waals surface area contributed by atoms with E-state index < -0.39 is 0 Å². The molecule has 1 aromatic rings. The fourth-order valence-electron chi connectivity index (χ4n) is 1.06. The summed E-state index contributed by atoms with van der Waals surface area (Å²) >= 11 is 0. The molecule has 0 saturated heterocycles. The van der Waals surface area contributed by atoms with Gasteiger partial charge in [-0.05, 0) is 12.1 Å². The third kappa shape index (κ3) is 2.72. The van der Waals surface area contributed by atoms with Gasteiger partial charge in [0.2, 0.25) is 0 Å². The van der Waals surface area contributed by atoms with Crippen molar-refractivity contribution in [1.29, 1.82) is 0 Å². The third-order valence-electron chi connectivity index (χ3n) is 1.59. The zero-order valence-electron chi connectivity index (χ0n) is 8.02. The van der Waals surface area contributed by atoms with Crippen LogP contribution in [0.5, 0.6) is 5.75 Å². The monoisotopic (exact) mass is 196 g/mol. The number of rotatable bonds is 4. The first-order valence-corrected chi connectivity index (χ1v) is 3.99. The number of hydrazine groups is 1. The van der Waals surface area contributed by atoms with Gasteiger partial charge in [-0.25, -0.2) is 0 Å². The standard InChI is InChI=1S/C9H12N2O3/c1-11(13)10-8-3-7(6-12)4-9(5-8)14-2/h3-6,10,13H,1-2H3. The molecular formula is C9H12N2O3. The lowest BCUT2D eigenvalue weighted by Gasteiger charge is -2.12. The van der Waals surface area contributed by atoms with Crippen molar-refractivity contribution in [2.24, 2.45) is 0 Å². The highest BCUT2D eigenvalue weighted by Crippen LogP contribution is 2.19. The topological polar surface area (TPSA) is 61.8 Å². The van der Waals surface area contributed by atoms with Crippen molar-refractivity contribution in [3.63, 3.8) is 0 Å². The first-order chi connectivity index (χ1) is 6.65. The summed E-state index contributed by atoms with van der Waals surface area (Å²) in [6, 6.07) is 4.87. The van der Waals surface area contributed by atoms with Crippen LogP contribution >= 0.6 is 0 Å². The van der Waals surface area contributed by atoms with Gasteiger partial charge in [0.25, 0.3) is 0 Å². The number of hydrogen-bond acceptors (Lipinski definition) is 5. The van der Waals surface area contributed by atoms with Crippen LogP contribution in [0, 0.1) is 0 Å². The largest absolute Gasteiger partial charge is 0.497 e. The van der Waals surface area contributed by atoms with E-state index in [1.165, 1.54) is 14.2 Å². The van der Waals surface area contributed by atoms with Crippen molar-refractivity contribution in [1.82, 2.24) is 5.17 Å². The molecule has 5 nitrogen and oxygen atoms in total. The number of hydroxylamine groups is 1. The van der Waals surface area contributed by atoms with E-state index in [0.29, 0.717) is 23.3 Å². The normalized spacial score (nSPS) is 10.0. The van der Waals surface area contributed by atoms with E-state index in [1.807, 2.05) is 0 Å². The van der Waals surface area contributed by atoms with Crippen LogP contribution in [0.3, 0.4) is 0 Å². The van der Waals surface area contributed by atoms with E-state index in [4.69, 9.17) is 9.94 Å². The number of methoxy groups -OCH3 is 1. The SMILES string of the molecule is COc1cc(C=O)cc(NN(C)O)c1. The molecule has 0 heterocycles. The van der Waals surface area contributed by atoms with E-state index >= 15 is 0 Å². The molecule has 76 valence electrons. The molecule has 14 heavy (non-hydrogen) atoms. The van der Waals surface area contributed by atoms with Crippen LogP contribution in [0.25, 0.3) is 0 Å². The number of benzene rings is 1. The number of nitrogens with zero attached hydrogens (tertiary/aromatic N) is 1. The number of ether oxygens (including phenoxy) is 1. The lowest BCUT2D eigenvalue weighted by atomic mass is 10.2. The number of aldehydes is 1. The van der Waals surface area contributed by atoms with Crippen LogP contribution in [0.15, 0.2) is 18.2 Å². The highest BCUT2D eigenvalue weighted by molar-refractivity contribution is 5.78. The molecule has 1 aromatic carbocycles. The molecule has 0 radical (unpaired) electrons. The van der Waals surface area contributed by atoms with E-state index in [0.717, 1.165) is 5.17 Å². The third-order valence-corrected chi connectivity index (χ3v) is 1.59. The second-order valence-electron chi connectivity index (χ2n) is 2.75. The summed E-state index contributed by atoms with van der Waals surface area (Å²) in [6.45, 7) is 0. The van der Waals surface area contributed by atoms with Crippen LogP contribution in [0.2, 0.25) is 0 Å². The molecule has 0 bridgehead atoms. The van der Waals surface area contributed by atoms with Gasteiger partial charge in [0.15, 0.2) is 0 Å². The second kappa shape index (κ2) is 4.59. The first-order valence-electron chi connectivity index (χ1n) is 3.99. The summed E-state index contributed by atoms with van der Waals surface area (Å²) < 4.78 is 4.98. The van der Waals surface area contributed by atoms with Gasteiger partial charge < -0.3 is 4.74 Å². The predicted octanol–water partition coefficient (Wildman–Crippen LogP) is 1.16. The van der Waals surface area contributed by atoms with E-state index in [1.54, 1.807) is 18.2 Å². The van der Waals surface area contributed by atoms with Crippen molar-refractivity contribution in [2.45, 2.75) is 0 Å². The maximum absolute atomic E-state index is 10.6. The summed E-state index contributed by atoms with van der Waals surface area (Å²) in [7, 11) is 2.94. The Morgan fingerprint density at radius 1 is 1.50 bits per heavy atom. The zero-order valence-corrected chi connectivity index (χ0v) is 8.02. The molecule has 1 rings (SSSR count). The lowest BCUT2D eigenvalue weighted by Crippen LogP contribution is -2.20. The van der Waals surface area contributed by atoms with Crippen LogP contribution in [0.1, 0.15) is 10.4 Å². The fraction of sp³-hybridized carbons (Fsp3) is 0.222. The van der Waals surface area contributed by atoms with Gasteiger partial charge in [-0.1, -0.05) is 0 Å². The minimum absolute atomic E-state index is 0.480. The van der Waals surface area contributed by atoms with Crippen molar-refractivity contribution in [2.75, 3.05) is 19.6 Å². The summed E-state index contributed by atoms with van der Waals surface area (Å²) in [5, 5.41) is 9.72. The number of nitrogens with one attached hydrogen (secondary N) is 1. The molecule has 0 aliphatic rings. The smallest absolute Gasteiger partial charge is 0.150 e. The minimum atomic E-state index is 0.480. The molecule has 0 fully saturated rings. The van der Waals surface area contributed by atoms with Crippen molar-refractivity contribution in [3.05, 3.63) is 23.8 Å². The Hall–Kier alpha value is -1.59. The van der Waals surface area contributed by atoms with Gasteiger partial charge in [0, 0.05) is 18.7 Å². The van der Waals surface area contributed by atoms with Gasteiger partial charge in [-0.2, -0.15) is 0 Å². The summed E-state index contributed by atoms with van der Waals surface area (Å²) in [5.74, 6) is 0.555. The number of anilines is 1. The second-order valence-corrected chi connectivity index (χ2v) is 2.75. The maximum Gasteiger partial charge on any atom is 0.150 e. The summed E-state index contributed by atoms with van der Waals surface area (Å²) in [5.41, 5.74) is 3.66. The van der Waals surface area contributed by atoms with Crippen molar-refractivity contribution in [3.8, 4) is 5.75 Å². The highest BCUT2D eigenvalue weighted by Gasteiger charge is 2.01. The average molecular weight is 196 g/mol. The van der Waals surface area contributed by atoms with Crippen LogP contribution < -0.4 is 10.2 Å². The summed E-state index contributed by atoms with van der Waals surface area (Å²) in [4.78, 5) is 10.6. The quantitative estimate of drug-likeness (QED) is 0.558. The summed E-state index contributed by atoms with van der Waals surface area (Å²) in [6.07, 6.45) is 0.713. The molecule has 0 unspecified atom stereocenters. The molecule has 0 atom stereocenters. The Morgan fingerprint density at radius 3 is 2.71 bits per heavy atom. The predicted molar refractivity (Wildman–Crippen MR) is 51.6 cm³/mol. The Morgan fingerprint density at radius 2 is 2.21 bits per heavy atom. The van der Waals surface area contributed by atoms with E-state index in [9.17, 15) is 4.79 Å².